The Balaban J connectivity index is 0.967. The van der Waals surface area contributed by atoms with E-state index in [0.29, 0.717) is 41.5 Å². The van der Waals surface area contributed by atoms with Gasteiger partial charge < -0.3 is 59.1 Å². The fourth-order valence-corrected chi connectivity index (χ4v) is 15.9. The molecule has 1 amide bonds. The first-order valence-corrected chi connectivity index (χ1v) is 27.3. The lowest BCUT2D eigenvalue weighted by Crippen LogP contribution is -2.70. The summed E-state index contributed by atoms with van der Waals surface area (Å²) in [5.74, 6) is 2.71. The number of phenolic OH excluding ortho intramolecular Hbond substituents is 1. The molecular formula is C62H60N2O12. The number of allylic oxidation sites excluding steroid dienone is 3. The summed E-state index contributed by atoms with van der Waals surface area (Å²) in [7, 11) is 1.59. The van der Waals surface area contributed by atoms with Gasteiger partial charge in [0, 0.05) is 63.5 Å². The number of carbonyl (C=O) groups is 2. The van der Waals surface area contributed by atoms with Crippen LogP contribution in [0.2, 0.25) is 0 Å². The van der Waals surface area contributed by atoms with Gasteiger partial charge in [-0.2, -0.15) is 0 Å². The number of methoxy groups -OCH3 is 1. The number of hydrogen-bond donors (Lipinski definition) is 6. The number of benzene rings is 4. The van der Waals surface area contributed by atoms with Gasteiger partial charge in [-0.25, -0.2) is 0 Å². The van der Waals surface area contributed by atoms with Crippen molar-refractivity contribution in [3.05, 3.63) is 122 Å². The van der Waals surface area contributed by atoms with E-state index in [-0.39, 0.29) is 77.6 Å². The van der Waals surface area contributed by atoms with E-state index >= 15 is 4.79 Å². The average Bonchev–Trinajstić information content (AvgIpc) is 4.37. The number of amides is 1. The molecule has 4 aliphatic heterocycles. The number of rotatable bonds is 3. The molecule has 5 aromatic rings. The molecule has 76 heavy (non-hydrogen) atoms. The van der Waals surface area contributed by atoms with E-state index in [4.69, 9.17) is 23.7 Å². The fourth-order valence-electron chi connectivity index (χ4n) is 15.9. The molecule has 5 heterocycles. The zero-order valence-electron chi connectivity index (χ0n) is 42.3. The number of ether oxygens (including phenoxy) is 5. The Morgan fingerprint density at radius 1 is 0.974 bits per heavy atom. The van der Waals surface area contributed by atoms with E-state index in [9.17, 15) is 30.3 Å². The SMILES string of the molecule is COc1c2c3c4c(O)c(c5c6c4c1CCC6=CC1CCCC51)C(=O)CN1Cc4c(cccc4C1=O)CC#COC1C(O)C(COC(c4c[nH]c5cc6c(cc45)C4(C=CC5CCCC5(O)C4)CC6)C=C2)OC(O3)C1(O)CO. The summed E-state index contributed by atoms with van der Waals surface area (Å²) in [5.41, 5.74) is 6.54. The minimum absolute atomic E-state index is 0.00910. The summed E-state index contributed by atoms with van der Waals surface area (Å²) in [6.07, 6.45) is 17.5. The van der Waals surface area contributed by atoms with Crippen molar-refractivity contribution in [1.29, 1.82) is 0 Å². The summed E-state index contributed by atoms with van der Waals surface area (Å²) in [6.45, 7) is -1.38. The lowest BCUT2D eigenvalue weighted by atomic mass is 9.65. The molecule has 0 radical (unpaired) electrons. The third-order valence-corrected chi connectivity index (χ3v) is 19.6. The number of nitrogens with one attached hydrogen (secondary N) is 1. The van der Waals surface area contributed by atoms with Crippen LogP contribution in [0.15, 0.2) is 60.8 Å². The number of hydrogen-bond acceptors (Lipinski definition) is 12. The molecule has 11 unspecified atom stereocenters. The molecule has 10 aliphatic rings. The zero-order chi connectivity index (χ0) is 51.6. The van der Waals surface area contributed by atoms with Crippen LogP contribution in [0.25, 0.3) is 33.3 Å². The number of aromatic amines is 1. The van der Waals surface area contributed by atoms with E-state index < -0.39 is 54.3 Å². The Morgan fingerprint density at radius 2 is 1.87 bits per heavy atom. The lowest BCUT2D eigenvalue weighted by molar-refractivity contribution is -0.328. The number of phenols is 1. The highest BCUT2D eigenvalue weighted by atomic mass is 16.7. The molecule has 11 atom stereocenters. The second-order valence-corrected chi connectivity index (χ2v) is 23.4. The van der Waals surface area contributed by atoms with Crippen LogP contribution in [0.1, 0.15) is 141 Å². The Bertz CT molecular complexity index is 3560. The number of ketones is 1. The van der Waals surface area contributed by atoms with Crippen LogP contribution in [0.4, 0.5) is 0 Å². The van der Waals surface area contributed by atoms with Crippen molar-refractivity contribution < 1.29 is 58.8 Å². The predicted molar refractivity (Wildman–Crippen MR) is 280 cm³/mol. The van der Waals surface area contributed by atoms with Crippen LogP contribution >= 0.6 is 0 Å². The number of Topliss-reactive ketones (excluding diaryl/α,β-unsaturated/α-hetero) is 1. The molecule has 3 fully saturated rings. The number of aliphatic hydroxyl groups is 4. The summed E-state index contributed by atoms with van der Waals surface area (Å²) < 4.78 is 33.2. The molecule has 14 heteroatoms. The number of H-pyrrole nitrogens is 1. The number of aromatic hydroxyl groups is 1. The number of carbonyl (C=O) groups excluding carboxylic acids is 2. The van der Waals surface area contributed by atoms with Gasteiger partial charge in [0.1, 0.15) is 41.7 Å². The summed E-state index contributed by atoms with van der Waals surface area (Å²) in [4.78, 5) is 34.8. The quantitative estimate of drug-likeness (QED) is 0.0763. The first kappa shape index (κ1) is 46.8. The number of aryl methyl sites for hydroxylation is 2. The van der Waals surface area contributed by atoms with E-state index in [2.05, 4.69) is 47.4 Å². The third kappa shape index (κ3) is 6.50. The van der Waals surface area contributed by atoms with E-state index in [1.54, 1.807) is 19.2 Å². The Kier molecular flexibility index (Phi) is 10.3. The minimum Gasteiger partial charge on any atom is -0.506 e. The third-order valence-electron chi connectivity index (χ3n) is 19.6. The van der Waals surface area contributed by atoms with E-state index in [1.807, 2.05) is 24.4 Å². The number of aliphatic hydroxyl groups excluding tert-OH is 2. The van der Waals surface area contributed by atoms with Crippen molar-refractivity contribution in [2.75, 3.05) is 26.9 Å². The predicted octanol–water partition coefficient (Wildman–Crippen LogP) is 7.65. The smallest absolute Gasteiger partial charge is 0.254 e. The van der Waals surface area contributed by atoms with Gasteiger partial charge in [0.05, 0.1) is 49.0 Å². The van der Waals surface area contributed by atoms with Gasteiger partial charge in [-0.15, -0.1) is 0 Å². The fraction of sp³-hybridized carbons (Fsp3) is 0.452. The van der Waals surface area contributed by atoms with Gasteiger partial charge in [-0.3, -0.25) is 9.59 Å². The summed E-state index contributed by atoms with van der Waals surface area (Å²) >= 11 is 0. The van der Waals surface area contributed by atoms with Crippen LogP contribution in [0.5, 0.6) is 17.2 Å². The highest BCUT2D eigenvalue weighted by Crippen LogP contribution is 2.61. The van der Waals surface area contributed by atoms with Crippen LogP contribution in [-0.2, 0) is 45.4 Å². The van der Waals surface area contributed by atoms with Gasteiger partial charge >= 0.3 is 0 Å². The maximum absolute atomic E-state index is 15.5. The number of fused-ring (bicyclic) bond motifs is 11. The van der Waals surface area contributed by atoms with Crippen LogP contribution in [-0.4, -0.2) is 110 Å². The molecule has 4 aromatic carbocycles. The monoisotopic (exact) mass is 1020 g/mol. The standard InChI is InChI=1S/C62H60N2O12/c1-72-55-38-13-12-34-22-32-7-3-10-36(32)49-48(34)50(38)52-54(68)51(49)45(66)27-64-26-42-31(6-2-11-37(42)58(64)69)8-5-21-73-57-53(67)47-28-74-46(15-14-39(55)56(52)76-59(75-47)62(57,71)30-65)41-25-63-44-23-33-16-19-60(43(33)24-40(41)44)20-17-35-9-4-18-61(35,70)29-60/h2,6,11,14-15,17,20,22-25,32,35-36,46-47,53,57,59,63,65,67-68,70-71H,3-4,7-10,12-13,16,18-19,26-30H2,1H3. The maximum atomic E-state index is 15.5. The highest BCUT2D eigenvalue weighted by Gasteiger charge is 2.59. The molecule has 6 N–H and O–H groups in total. The molecule has 1 aromatic heterocycles. The number of aromatic nitrogens is 1. The maximum Gasteiger partial charge on any atom is 0.254 e. The Morgan fingerprint density at radius 3 is 2.74 bits per heavy atom. The van der Waals surface area contributed by atoms with Gasteiger partial charge in [0.25, 0.3) is 5.91 Å². The van der Waals surface area contributed by atoms with Crippen LogP contribution in [0.3, 0.4) is 0 Å². The largest absolute Gasteiger partial charge is 0.506 e. The van der Waals surface area contributed by atoms with Crippen LogP contribution in [0, 0.1) is 23.9 Å². The number of nitrogens with zero attached hydrogens (tertiary/aromatic N) is 1. The normalized spacial score (nSPS) is 33.4. The topological polar surface area (TPSA) is 200 Å². The van der Waals surface area contributed by atoms with Gasteiger partial charge in [-0.1, -0.05) is 48.8 Å². The molecular weight excluding hydrogens is 965 g/mol. The Labute approximate surface area is 438 Å². The van der Waals surface area contributed by atoms with Crippen LogP contribution < -0.4 is 9.47 Å². The Hall–Kier alpha value is -6.44. The van der Waals surface area contributed by atoms with E-state index in [1.165, 1.54) is 16.0 Å². The van der Waals surface area contributed by atoms with E-state index in [0.717, 1.165) is 101 Å². The van der Waals surface area contributed by atoms with Crippen molar-refractivity contribution in [1.82, 2.24) is 9.88 Å². The van der Waals surface area contributed by atoms with Crippen molar-refractivity contribution in [3.8, 4) is 29.3 Å². The molecule has 8 bridgehead atoms. The first-order valence-electron chi connectivity index (χ1n) is 27.3. The molecule has 1 spiro atoms. The summed E-state index contributed by atoms with van der Waals surface area (Å²) in [6, 6.07) is 9.85. The lowest BCUT2D eigenvalue weighted by Gasteiger charge is -2.47. The second-order valence-electron chi connectivity index (χ2n) is 23.4. The van der Waals surface area contributed by atoms with Crippen molar-refractivity contribution >= 4 is 45.0 Å². The highest BCUT2D eigenvalue weighted by molar-refractivity contribution is 6.17. The van der Waals surface area contributed by atoms with Crippen molar-refractivity contribution in [3.63, 3.8) is 0 Å². The average molecular weight is 1030 g/mol. The van der Waals surface area contributed by atoms with Gasteiger partial charge in [-0.05, 0) is 139 Å². The molecule has 390 valence electrons. The molecule has 14 nitrogen and oxygen atoms in total. The molecule has 1 saturated heterocycles. The summed E-state index contributed by atoms with van der Waals surface area (Å²) in [5, 5.41) is 63.6. The van der Waals surface area contributed by atoms with Crippen molar-refractivity contribution in [2.45, 2.75) is 137 Å². The minimum atomic E-state index is -2.47. The second kappa shape index (κ2) is 16.8. The van der Waals surface area contributed by atoms with Gasteiger partial charge in [0.15, 0.2) is 17.5 Å². The first-order chi connectivity index (χ1) is 36.9. The molecule has 15 rings (SSSR count). The van der Waals surface area contributed by atoms with Gasteiger partial charge in [0.2, 0.25) is 6.29 Å². The molecule has 2 saturated carbocycles. The molecule has 6 aliphatic carbocycles. The zero-order valence-corrected chi connectivity index (χ0v) is 42.3. The van der Waals surface area contributed by atoms with Crippen molar-refractivity contribution in [2.24, 2.45) is 11.8 Å².